The van der Waals surface area contributed by atoms with E-state index in [1.807, 2.05) is 25.1 Å². The molecule has 8 nitrogen and oxygen atoms in total. The molecule has 3 aromatic rings. The number of ether oxygens (including phenoxy) is 1. The number of hydrogen-bond acceptors (Lipinski definition) is 6. The van der Waals surface area contributed by atoms with Crippen LogP contribution < -0.4 is 14.8 Å². The van der Waals surface area contributed by atoms with Crippen LogP contribution in [-0.2, 0) is 14.8 Å². The molecule has 0 fully saturated rings. The Kier molecular flexibility index (Phi) is 6.31. The van der Waals surface area contributed by atoms with E-state index in [2.05, 4.69) is 20.0 Å². The van der Waals surface area contributed by atoms with E-state index in [4.69, 9.17) is 4.74 Å². The van der Waals surface area contributed by atoms with E-state index in [0.29, 0.717) is 22.8 Å². The third-order valence-electron chi connectivity index (χ3n) is 4.02. The molecule has 0 radical (unpaired) electrons. The molecule has 1 amide bonds. The Labute approximate surface area is 175 Å². The quantitative estimate of drug-likeness (QED) is 0.600. The van der Waals surface area contributed by atoms with Gasteiger partial charge in [0.05, 0.1) is 4.90 Å². The van der Waals surface area contributed by atoms with Gasteiger partial charge in [-0.25, -0.2) is 23.1 Å². The molecule has 0 spiro atoms. The van der Waals surface area contributed by atoms with Gasteiger partial charge < -0.3 is 10.1 Å². The van der Waals surface area contributed by atoms with Crippen molar-refractivity contribution in [1.82, 2.24) is 9.97 Å². The van der Waals surface area contributed by atoms with Gasteiger partial charge in [-0.1, -0.05) is 12.1 Å². The molecule has 156 valence electrons. The fourth-order valence-corrected chi connectivity index (χ4v) is 3.66. The van der Waals surface area contributed by atoms with Crippen LogP contribution in [0.4, 0.5) is 11.6 Å². The number of amides is 1. The number of carbonyl (C=O) groups is 1. The zero-order chi connectivity index (χ0) is 21.7. The molecular weight excluding hydrogens is 404 g/mol. The van der Waals surface area contributed by atoms with Crippen molar-refractivity contribution in [2.24, 2.45) is 0 Å². The Morgan fingerprint density at radius 3 is 2.27 bits per heavy atom. The summed E-state index contributed by atoms with van der Waals surface area (Å²) < 4.78 is 32.9. The Hall–Kier alpha value is -3.46. The van der Waals surface area contributed by atoms with Crippen LogP contribution in [-0.4, -0.2) is 30.9 Å². The number of aryl methyl sites for hydroxylation is 3. The molecular formula is C21H22N4O4S. The second-order valence-electron chi connectivity index (χ2n) is 6.76. The number of rotatable bonds is 7. The second kappa shape index (κ2) is 8.91. The molecule has 9 heteroatoms. The van der Waals surface area contributed by atoms with Gasteiger partial charge in [0.25, 0.3) is 15.9 Å². The summed E-state index contributed by atoms with van der Waals surface area (Å²) in [6.45, 7) is 5.29. The van der Waals surface area contributed by atoms with E-state index in [1.165, 1.54) is 24.3 Å². The Bertz CT molecular complexity index is 1140. The molecule has 1 aromatic heterocycles. The largest absolute Gasteiger partial charge is 0.484 e. The molecule has 3 rings (SSSR count). The molecule has 0 bridgehead atoms. The molecule has 1 heterocycles. The first kappa shape index (κ1) is 21.3. The normalized spacial score (nSPS) is 11.0. The first-order valence-electron chi connectivity index (χ1n) is 9.16. The summed E-state index contributed by atoms with van der Waals surface area (Å²) >= 11 is 0. The van der Waals surface area contributed by atoms with E-state index in [1.54, 1.807) is 26.0 Å². The Morgan fingerprint density at radius 1 is 0.967 bits per heavy atom. The minimum atomic E-state index is -3.85. The average molecular weight is 426 g/mol. The number of hydrogen-bond donors (Lipinski definition) is 2. The van der Waals surface area contributed by atoms with Gasteiger partial charge in [-0.2, -0.15) is 0 Å². The predicted molar refractivity (Wildman–Crippen MR) is 114 cm³/mol. The zero-order valence-electron chi connectivity index (χ0n) is 16.8. The van der Waals surface area contributed by atoms with Crippen molar-refractivity contribution in [3.05, 3.63) is 71.5 Å². The topological polar surface area (TPSA) is 110 Å². The van der Waals surface area contributed by atoms with Crippen LogP contribution in [0.25, 0.3) is 0 Å². The maximum Gasteiger partial charge on any atom is 0.264 e. The first-order valence-corrected chi connectivity index (χ1v) is 10.6. The average Bonchev–Trinajstić information content (AvgIpc) is 2.66. The second-order valence-corrected chi connectivity index (χ2v) is 8.44. The predicted octanol–water partition coefficient (Wildman–Crippen LogP) is 3.22. The lowest BCUT2D eigenvalue weighted by atomic mass is 10.2. The Balaban J connectivity index is 1.61. The molecule has 0 saturated heterocycles. The maximum atomic E-state index is 12.5. The van der Waals surface area contributed by atoms with E-state index >= 15 is 0 Å². The zero-order valence-corrected chi connectivity index (χ0v) is 17.7. The lowest BCUT2D eigenvalue weighted by Crippen LogP contribution is -2.20. The van der Waals surface area contributed by atoms with Crippen molar-refractivity contribution in [3.63, 3.8) is 0 Å². The third-order valence-corrected chi connectivity index (χ3v) is 5.36. The molecule has 2 N–H and O–H groups in total. The van der Waals surface area contributed by atoms with Gasteiger partial charge >= 0.3 is 0 Å². The van der Waals surface area contributed by atoms with Crippen LogP contribution in [0, 0.1) is 20.8 Å². The van der Waals surface area contributed by atoms with E-state index in [0.717, 1.165) is 5.56 Å². The monoisotopic (exact) mass is 426 g/mol. The third kappa shape index (κ3) is 5.77. The van der Waals surface area contributed by atoms with Gasteiger partial charge in [-0.05, 0) is 68.8 Å². The number of anilines is 2. The van der Waals surface area contributed by atoms with Crippen LogP contribution in [0.5, 0.6) is 5.75 Å². The van der Waals surface area contributed by atoms with Crippen molar-refractivity contribution < 1.29 is 17.9 Å². The van der Waals surface area contributed by atoms with Crippen LogP contribution in [0.15, 0.2) is 59.5 Å². The maximum absolute atomic E-state index is 12.5. The number of sulfonamides is 1. The fraction of sp³-hybridized carbons (Fsp3) is 0.190. The highest BCUT2D eigenvalue weighted by Gasteiger charge is 2.16. The summed E-state index contributed by atoms with van der Waals surface area (Å²) in [5.74, 6) is 0.262. The van der Waals surface area contributed by atoms with Crippen molar-refractivity contribution in [1.29, 1.82) is 0 Å². The minimum Gasteiger partial charge on any atom is -0.484 e. The first-order chi connectivity index (χ1) is 14.2. The summed E-state index contributed by atoms with van der Waals surface area (Å²) in [6.07, 6.45) is 0. The molecule has 30 heavy (non-hydrogen) atoms. The minimum absolute atomic E-state index is 0.0122. The molecule has 0 aliphatic heterocycles. The van der Waals surface area contributed by atoms with E-state index in [-0.39, 0.29) is 23.4 Å². The molecule has 0 aliphatic rings. The van der Waals surface area contributed by atoms with Gasteiger partial charge in [-0.15, -0.1) is 0 Å². The van der Waals surface area contributed by atoms with Crippen molar-refractivity contribution >= 4 is 27.6 Å². The van der Waals surface area contributed by atoms with Crippen LogP contribution in [0.2, 0.25) is 0 Å². The summed E-state index contributed by atoms with van der Waals surface area (Å²) in [7, 11) is -3.85. The molecule has 0 atom stereocenters. The van der Waals surface area contributed by atoms with Crippen LogP contribution in [0.3, 0.4) is 0 Å². The van der Waals surface area contributed by atoms with Crippen molar-refractivity contribution in [3.8, 4) is 5.75 Å². The van der Waals surface area contributed by atoms with Gasteiger partial charge in [0.15, 0.2) is 6.61 Å². The molecule has 0 aliphatic carbocycles. The highest BCUT2D eigenvalue weighted by molar-refractivity contribution is 7.92. The number of carbonyl (C=O) groups excluding carboxylic acids is 1. The number of nitrogens with zero attached hydrogens (tertiary/aromatic N) is 2. The van der Waals surface area contributed by atoms with Gasteiger partial charge in [-0.3, -0.25) is 4.79 Å². The SMILES string of the molecule is Cc1cccc(OCC(=O)Nc2ccc(S(=O)(=O)Nc3nc(C)cc(C)n3)cc2)c1. The summed E-state index contributed by atoms with van der Waals surface area (Å²) in [6, 6.07) is 14.9. The van der Waals surface area contributed by atoms with Crippen LogP contribution >= 0.6 is 0 Å². The van der Waals surface area contributed by atoms with E-state index < -0.39 is 10.0 Å². The smallest absolute Gasteiger partial charge is 0.264 e. The van der Waals surface area contributed by atoms with Crippen LogP contribution in [0.1, 0.15) is 17.0 Å². The number of aromatic nitrogens is 2. The van der Waals surface area contributed by atoms with Gasteiger partial charge in [0.1, 0.15) is 5.75 Å². The summed E-state index contributed by atoms with van der Waals surface area (Å²) in [4.78, 5) is 20.3. The molecule has 2 aromatic carbocycles. The lowest BCUT2D eigenvalue weighted by Gasteiger charge is -2.10. The van der Waals surface area contributed by atoms with Crippen molar-refractivity contribution in [2.75, 3.05) is 16.6 Å². The standard InChI is InChI=1S/C21H22N4O4S/c1-14-5-4-6-18(11-14)29-13-20(26)24-17-7-9-19(10-8-17)30(27,28)25-21-22-15(2)12-16(3)23-21/h4-12H,13H2,1-3H3,(H,24,26)(H,22,23,25). The van der Waals surface area contributed by atoms with Gasteiger partial charge in [0.2, 0.25) is 5.95 Å². The highest BCUT2D eigenvalue weighted by Crippen LogP contribution is 2.17. The molecule has 0 unspecified atom stereocenters. The molecule has 0 saturated carbocycles. The summed E-state index contributed by atoms with van der Waals surface area (Å²) in [5, 5.41) is 2.67. The number of benzene rings is 2. The fourth-order valence-electron chi connectivity index (χ4n) is 2.72. The highest BCUT2D eigenvalue weighted by atomic mass is 32.2. The Morgan fingerprint density at radius 2 is 1.63 bits per heavy atom. The van der Waals surface area contributed by atoms with E-state index in [9.17, 15) is 13.2 Å². The lowest BCUT2D eigenvalue weighted by molar-refractivity contribution is -0.118. The summed E-state index contributed by atoms with van der Waals surface area (Å²) in [5.41, 5.74) is 2.80. The number of nitrogens with one attached hydrogen (secondary N) is 2. The van der Waals surface area contributed by atoms with Gasteiger partial charge in [0, 0.05) is 17.1 Å². The van der Waals surface area contributed by atoms with Crippen molar-refractivity contribution in [2.45, 2.75) is 25.7 Å².